The van der Waals surface area contributed by atoms with Crippen LogP contribution in [0.25, 0.3) is 11.2 Å². The summed E-state index contributed by atoms with van der Waals surface area (Å²) in [7, 11) is -4.15. The molecular formula is C9H13N4O4PS. The van der Waals surface area contributed by atoms with Gasteiger partial charge in [-0.3, -0.25) is 4.57 Å². The zero-order valence-corrected chi connectivity index (χ0v) is 11.8. The van der Waals surface area contributed by atoms with Crippen molar-refractivity contribution in [1.82, 2.24) is 19.5 Å². The molecule has 104 valence electrons. The van der Waals surface area contributed by atoms with Gasteiger partial charge in [-0.2, -0.15) is 0 Å². The van der Waals surface area contributed by atoms with E-state index in [1.807, 2.05) is 0 Å². The second kappa shape index (κ2) is 5.48. The van der Waals surface area contributed by atoms with Gasteiger partial charge in [-0.15, -0.1) is 0 Å². The van der Waals surface area contributed by atoms with E-state index >= 15 is 0 Å². The molecule has 0 amide bonds. The van der Waals surface area contributed by atoms with Crippen molar-refractivity contribution in [3.63, 3.8) is 0 Å². The first-order valence-electron chi connectivity index (χ1n) is 5.41. The lowest BCUT2D eigenvalue weighted by atomic mass is 10.4. The fourth-order valence-electron chi connectivity index (χ4n) is 1.60. The van der Waals surface area contributed by atoms with Crippen LogP contribution in [0, 0.1) is 4.64 Å². The van der Waals surface area contributed by atoms with Gasteiger partial charge in [0.1, 0.15) is 17.5 Å². The Labute approximate surface area is 113 Å². The molecule has 10 heteroatoms. The highest BCUT2D eigenvalue weighted by Crippen LogP contribution is 2.34. The Morgan fingerprint density at radius 2 is 2.32 bits per heavy atom. The summed E-state index contributed by atoms with van der Waals surface area (Å²) in [5, 5.41) is 0. The van der Waals surface area contributed by atoms with E-state index in [4.69, 9.17) is 26.7 Å². The molecule has 2 aromatic rings. The fraction of sp³-hybridized carbons (Fsp3) is 0.444. The van der Waals surface area contributed by atoms with E-state index in [0.717, 1.165) is 0 Å². The molecule has 3 N–H and O–H groups in total. The van der Waals surface area contributed by atoms with Crippen LogP contribution >= 0.6 is 19.8 Å². The molecule has 0 aromatic carbocycles. The zero-order valence-electron chi connectivity index (χ0n) is 10.1. The van der Waals surface area contributed by atoms with Crippen molar-refractivity contribution in [1.29, 1.82) is 0 Å². The normalized spacial score (nSPS) is 13.8. The summed E-state index contributed by atoms with van der Waals surface area (Å²) in [5.41, 5.74) is 1.28. The van der Waals surface area contributed by atoms with Crippen molar-refractivity contribution in [2.24, 2.45) is 0 Å². The van der Waals surface area contributed by atoms with Gasteiger partial charge < -0.3 is 24.1 Å². The second-order valence-corrected chi connectivity index (χ2v) is 6.05. The van der Waals surface area contributed by atoms with E-state index in [-0.39, 0.29) is 6.10 Å². The van der Waals surface area contributed by atoms with Crippen LogP contribution in [0.15, 0.2) is 12.7 Å². The van der Waals surface area contributed by atoms with Gasteiger partial charge in [-0.1, -0.05) is 12.2 Å². The molecular weight excluding hydrogens is 291 g/mol. The van der Waals surface area contributed by atoms with E-state index in [1.165, 1.54) is 6.33 Å². The molecule has 19 heavy (non-hydrogen) atoms. The lowest BCUT2D eigenvalue weighted by Crippen LogP contribution is -2.17. The third-order valence-corrected chi connectivity index (χ3v) is 3.19. The molecule has 8 nitrogen and oxygen atoms in total. The predicted octanol–water partition coefficient (Wildman–Crippen LogP) is 1.03. The van der Waals surface area contributed by atoms with Crippen molar-refractivity contribution in [2.75, 3.05) is 6.35 Å². The van der Waals surface area contributed by atoms with Gasteiger partial charge in [0.15, 0.2) is 4.64 Å². The average molecular weight is 304 g/mol. The van der Waals surface area contributed by atoms with Gasteiger partial charge >= 0.3 is 7.60 Å². The summed E-state index contributed by atoms with van der Waals surface area (Å²) in [6.07, 6.45) is 2.08. The van der Waals surface area contributed by atoms with Crippen molar-refractivity contribution >= 4 is 31.0 Å². The maximum atomic E-state index is 10.7. The van der Waals surface area contributed by atoms with Gasteiger partial charge in [0.2, 0.25) is 0 Å². The van der Waals surface area contributed by atoms with Gasteiger partial charge in [0, 0.05) is 0 Å². The van der Waals surface area contributed by atoms with E-state index in [0.29, 0.717) is 22.3 Å². The number of fused-ring (bicyclic) bond motifs is 1. The van der Waals surface area contributed by atoms with Crippen LogP contribution in [0.2, 0.25) is 0 Å². The van der Waals surface area contributed by atoms with Gasteiger partial charge in [-0.05, 0) is 6.92 Å². The van der Waals surface area contributed by atoms with E-state index < -0.39 is 13.9 Å². The summed E-state index contributed by atoms with van der Waals surface area (Å²) in [5.74, 6) is 0. The minimum atomic E-state index is -4.15. The van der Waals surface area contributed by atoms with Crippen molar-refractivity contribution in [3.05, 3.63) is 17.3 Å². The van der Waals surface area contributed by atoms with Crippen LogP contribution in [-0.4, -0.2) is 41.8 Å². The Balaban J connectivity index is 2.11. The topological polar surface area (TPSA) is 113 Å². The molecule has 2 rings (SSSR count). The molecule has 0 aliphatic rings. The van der Waals surface area contributed by atoms with E-state index in [9.17, 15) is 4.57 Å². The Hall–Kier alpha value is -1.12. The maximum absolute atomic E-state index is 10.7. The zero-order chi connectivity index (χ0) is 14.0. The number of rotatable bonds is 5. The molecule has 2 aromatic heterocycles. The highest BCUT2D eigenvalue weighted by atomic mass is 32.1. The Morgan fingerprint density at radius 3 is 3.00 bits per heavy atom. The molecule has 0 fully saturated rings. The van der Waals surface area contributed by atoms with Gasteiger partial charge in [0.25, 0.3) is 0 Å². The molecule has 0 saturated heterocycles. The number of hydrogen-bond acceptors (Lipinski definition) is 5. The summed E-state index contributed by atoms with van der Waals surface area (Å²) in [4.78, 5) is 28.5. The highest BCUT2D eigenvalue weighted by molar-refractivity contribution is 7.71. The number of nitrogens with one attached hydrogen (secondary N) is 1. The quantitative estimate of drug-likeness (QED) is 0.558. The molecule has 0 aliphatic carbocycles. The minimum absolute atomic E-state index is 0.375. The lowest BCUT2D eigenvalue weighted by molar-refractivity contribution is 0.0764. The van der Waals surface area contributed by atoms with Crippen molar-refractivity contribution in [3.8, 4) is 0 Å². The standard InChI is InChI=1S/C9H13N4O4PS/c1-6(17-5-18(14,15)16)2-13-4-12-7-8(13)10-3-11-9(7)19/h3-4,6H,2,5H2,1H3,(H,10,11,19)(H2,14,15,16). The predicted molar refractivity (Wildman–Crippen MR) is 70.2 cm³/mol. The number of imidazole rings is 1. The van der Waals surface area contributed by atoms with Crippen LogP contribution in [0.4, 0.5) is 0 Å². The number of ether oxygens (including phenoxy) is 1. The number of hydrogen-bond donors (Lipinski definition) is 3. The van der Waals surface area contributed by atoms with Gasteiger partial charge in [-0.25, -0.2) is 9.97 Å². The summed E-state index contributed by atoms with van der Waals surface area (Å²) >= 11 is 5.04. The highest BCUT2D eigenvalue weighted by Gasteiger charge is 2.16. The van der Waals surface area contributed by atoms with Gasteiger partial charge in [0.05, 0.1) is 25.3 Å². The third kappa shape index (κ3) is 3.68. The average Bonchev–Trinajstić information content (AvgIpc) is 2.71. The number of nitrogens with zero attached hydrogens (tertiary/aromatic N) is 3. The smallest absolute Gasteiger partial charge is 0.350 e. The molecule has 1 unspecified atom stereocenters. The molecule has 0 spiro atoms. The first kappa shape index (κ1) is 14.3. The van der Waals surface area contributed by atoms with Crippen molar-refractivity contribution in [2.45, 2.75) is 19.6 Å². The Kier molecular flexibility index (Phi) is 4.12. The second-order valence-electron chi connectivity index (χ2n) is 4.07. The Morgan fingerprint density at radius 1 is 1.58 bits per heavy atom. The summed E-state index contributed by atoms with van der Waals surface area (Å²) in [6, 6.07) is 0. The largest absolute Gasteiger partial charge is 0.364 e. The van der Waals surface area contributed by atoms with Crippen LogP contribution in [0.3, 0.4) is 0 Å². The lowest BCUT2D eigenvalue weighted by Gasteiger charge is -2.14. The maximum Gasteiger partial charge on any atom is 0.350 e. The SMILES string of the molecule is CC(Cn1cnc2c(=S)nc[nH]c21)OCP(=O)(O)O. The number of aromatic nitrogens is 4. The van der Waals surface area contributed by atoms with Crippen LogP contribution in [0.1, 0.15) is 6.92 Å². The molecule has 0 aliphatic heterocycles. The number of H-pyrrole nitrogens is 1. The third-order valence-electron chi connectivity index (χ3n) is 2.40. The molecule has 0 radical (unpaired) electrons. The number of aromatic amines is 1. The summed E-state index contributed by atoms with van der Waals surface area (Å²) < 4.78 is 18.0. The Bertz CT molecular complexity index is 678. The van der Waals surface area contributed by atoms with Crippen LogP contribution in [-0.2, 0) is 15.8 Å². The van der Waals surface area contributed by atoms with E-state index in [1.54, 1.807) is 17.8 Å². The monoisotopic (exact) mass is 304 g/mol. The van der Waals surface area contributed by atoms with Crippen LogP contribution in [0.5, 0.6) is 0 Å². The first-order valence-corrected chi connectivity index (χ1v) is 7.62. The first-order chi connectivity index (χ1) is 8.87. The molecule has 0 saturated carbocycles. The minimum Gasteiger partial charge on any atom is -0.364 e. The van der Waals surface area contributed by atoms with Crippen LogP contribution < -0.4 is 0 Å². The molecule has 1 atom stereocenters. The fourth-order valence-corrected chi connectivity index (χ4v) is 2.25. The summed E-state index contributed by atoms with van der Waals surface area (Å²) in [6.45, 7) is 2.11. The molecule has 0 bridgehead atoms. The van der Waals surface area contributed by atoms with E-state index in [2.05, 4.69) is 15.0 Å². The molecule has 2 heterocycles. The van der Waals surface area contributed by atoms with Crippen molar-refractivity contribution < 1.29 is 19.1 Å².